The van der Waals surface area contributed by atoms with Crippen molar-refractivity contribution in [1.82, 2.24) is 20.2 Å². The van der Waals surface area contributed by atoms with E-state index in [9.17, 15) is 4.39 Å². The Hall–Kier alpha value is -1.77. The van der Waals surface area contributed by atoms with Crippen LogP contribution < -0.4 is 5.32 Å². The van der Waals surface area contributed by atoms with E-state index in [-0.39, 0.29) is 5.82 Å². The molecule has 0 atom stereocenters. The number of nitrogens with zero attached hydrogens (tertiary/aromatic N) is 4. The second-order valence-electron chi connectivity index (χ2n) is 4.10. The van der Waals surface area contributed by atoms with Crippen LogP contribution in [0, 0.1) is 5.82 Å². The second-order valence-corrected chi connectivity index (χ2v) is 6.26. The molecule has 0 unspecified atom stereocenters. The summed E-state index contributed by atoms with van der Waals surface area (Å²) in [4.78, 5) is 8.43. The SMILES string of the molecule is CSc1ncc(Cl)c(-c2nnc(Nc3ccc(F)cc3)s2)n1. The van der Waals surface area contributed by atoms with E-state index in [0.717, 1.165) is 5.69 Å². The van der Waals surface area contributed by atoms with Crippen LogP contribution in [0.5, 0.6) is 0 Å². The minimum Gasteiger partial charge on any atom is -0.330 e. The molecule has 22 heavy (non-hydrogen) atoms. The zero-order valence-corrected chi connectivity index (χ0v) is 13.6. The summed E-state index contributed by atoms with van der Waals surface area (Å²) in [7, 11) is 0. The third-order valence-corrected chi connectivity index (χ3v) is 4.31. The molecule has 3 aromatic rings. The van der Waals surface area contributed by atoms with E-state index in [1.165, 1.54) is 35.2 Å². The lowest BCUT2D eigenvalue weighted by molar-refractivity contribution is 0.628. The number of anilines is 2. The molecule has 0 aliphatic heterocycles. The van der Waals surface area contributed by atoms with Gasteiger partial charge in [-0.05, 0) is 30.5 Å². The van der Waals surface area contributed by atoms with Crippen molar-refractivity contribution >= 4 is 45.5 Å². The van der Waals surface area contributed by atoms with Crippen molar-refractivity contribution in [2.45, 2.75) is 5.16 Å². The minimum atomic E-state index is -0.291. The van der Waals surface area contributed by atoms with Crippen LogP contribution in [0.2, 0.25) is 5.02 Å². The van der Waals surface area contributed by atoms with Gasteiger partial charge >= 0.3 is 0 Å². The fourth-order valence-corrected chi connectivity index (χ4v) is 2.97. The number of nitrogens with one attached hydrogen (secondary N) is 1. The molecule has 0 fully saturated rings. The van der Waals surface area contributed by atoms with Crippen LogP contribution in [0.3, 0.4) is 0 Å². The van der Waals surface area contributed by atoms with Gasteiger partial charge in [-0.25, -0.2) is 14.4 Å². The second kappa shape index (κ2) is 6.55. The van der Waals surface area contributed by atoms with Crippen LogP contribution in [0.15, 0.2) is 35.6 Å². The highest BCUT2D eigenvalue weighted by Gasteiger charge is 2.13. The van der Waals surface area contributed by atoms with E-state index in [0.29, 0.717) is 26.0 Å². The Morgan fingerprint density at radius 2 is 2.00 bits per heavy atom. The molecule has 9 heteroatoms. The molecule has 1 aromatic carbocycles. The van der Waals surface area contributed by atoms with Crippen molar-refractivity contribution in [3.8, 4) is 10.7 Å². The number of hydrogen-bond donors (Lipinski definition) is 1. The van der Waals surface area contributed by atoms with Crippen LogP contribution in [0.4, 0.5) is 15.2 Å². The Kier molecular flexibility index (Phi) is 4.51. The summed E-state index contributed by atoms with van der Waals surface area (Å²) < 4.78 is 12.9. The molecule has 0 amide bonds. The zero-order valence-electron chi connectivity index (χ0n) is 11.2. The standard InChI is InChI=1S/C13H9ClFN5S2/c1-21-12-16-6-9(14)10(18-12)11-19-20-13(22-11)17-8-4-2-7(15)3-5-8/h2-6H,1H3,(H,17,20). The van der Waals surface area contributed by atoms with E-state index < -0.39 is 0 Å². The molecular weight excluding hydrogens is 345 g/mol. The molecule has 0 spiro atoms. The zero-order chi connectivity index (χ0) is 15.5. The Morgan fingerprint density at radius 3 is 2.73 bits per heavy atom. The van der Waals surface area contributed by atoms with Gasteiger partial charge in [-0.3, -0.25) is 0 Å². The van der Waals surface area contributed by atoms with Crippen LogP contribution in [0.1, 0.15) is 0 Å². The molecule has 0 radical (unpaired) electrons. The minimum absolute atomic E-state index is 0.291. The highest BCUT2D eigenvalue weighted by molar-refractivity contribution is 7.98. The Labute approximate surface area is 139 Å². The van der Waals surface area contributed by atoms with E-state index in [1.807, 2.05) is 6.26 Å². The van der Waals surface area contributed by atoms with Gasteiger partial charge in [0.05, 0.1) is 11.2 Å². The van der Waals surface area contributed by atoms with Crippen molar-refractivity contribution in [1.29, 1.82) is 0 Å². The lowest BCUT2D eigenvalue weighted by atomic mass is 10.3. The number of hydrogen-bond acceptors (Lipinski definition) is 7. The highest BCUT2D eigenvalue weighted by atomic mass is 35.5. The van der Waals surface area contributed by atoms with E-state index in [2.05, 4.69) is 25.5 Å². The molecule has 0 saturated heterocycles. The maximum atomic E-state index is 12.9. The number of rotatable bonds is 4. The molecule has 5 nitrogen and oxygen atoms in total. The van der Waals surface area contributed by atoms with E-state index >= 15 is 0 Å². The van der Waals surface area contributed by atoms with Crippen molar-refractivity contribution in [2.75, 3.05) is 11.6 Å². The number of aromatic nitrogens is 4. The molecule has 1 N–H and O–H groups in total. The van der Waals surface area contributed by atoms with Crippen LogP contribution in [0.25, 0.3) is 10.7 Å². The van der Waals surface area contributed by atoms with Crippen molar-refractivity contribution in [2.24, 2.45) is 0 Å². The summed E-state index contributed by atoms with van der Waals surface area (Å²) in [5.41, 5.74) is 1.27. The largest absolute Gasteiger partial charge is 0.330 e. The maximum Gasteiger partial charge on any atom is 0.210 e. The van der Waals surface area contributed by atoms with Gasteiger partial charge in [-0.2, -0.15) is 0 Å². The normalized spacial score (nSPS) is 10.7. The van der Waals surface area contributed by atoms with Crippen LogP contribution in [-0.4, -0.2) is 26.4 Å². The van der Waals surface area contributed by atoms with Crippen molar-refractivity contribution < 1.29 is 4.39 Å². The first-order valence-corrected chi connectivity index (χ1v) is 8.50. The quantitative estimate of drug-likeness (QED) is 0.558. The molecule has 2 heterocycles. The first kappa shape index (κ1) is 15.1. The summed E-state index contributed by atoms with van der Waals surface area (Å²) in [5.74, 6) is -0.291. The van der Waals surface area contributed by atoms with Gasteiger partial charge in [0.15, 0.2) is 10.2 Å². The average molecular weight is 354 g/mol. The van der Waals surface area contributed by atoms with Gasteiger partial charge < -0.3 is 5.32 Å². The summed E-state index contributed by atoms with van der Waals surface area (Å²) in [6, 6.07) is 5.99. The molecule has 0 aliphatic rings. The topological polar surface area (TPSA) is 63.6 Å². The molecule has 0 saturated carbocycles. The van der Waals surface area contributed by atoms with E-state index in [1.54, 1.807) is 18.3 Å². The maximum absolute atomic E-state index is 12.9. The molecule has 2 aromatic heterocycles. The fraction of sp³-hybridized carbons (Fsp3) is 0.0769. The predicted octanol–water partition coefficient (Wildman–Crippen LogP) is 4.25. The molecule has 112 valence electrons. The first-order valence-electron chi connectivity index (χ1n) is 6.08. The summed E-state index contributed by atoms with van der Waals surface area (Å²) in [6.07, 6.45) is 3.43. The third-order valence-electron chi connectivity index (χ3n) is 2.63. The summed E-state index contributed by atoms with van der Waals surface area (Å²) >= 11 is 8.85. The van der Waals surface area contributed by atoms with Gasteiger partial charge in [0, 0.05) is 5.69 Å². The Balaban J connectivity index is 1.86. The fourth-order valence-electron chi connectivity index (χ4n) is 1.63. The first-order chi connectivity index (χ1) is 10.7. The Morgan fingerprint density at radius 1 is 1.23 bits per heavy atom. The summed E-state index contributed by atoms with van der Waals surface area (Å²) in [6.45, 7) is 0. The highest BCUT2D eigenvalue weighted by Crippen LogP contribution is 2.32. The predicted molar refractivity (Wildman–Crippen MR) is 87.4 cm³/mol. The van der Waals surface area contributed by atoms with Crippen LogP contribution >= 0.6 is 34.7 Å². The monoisotopic (exact) mass is 353 g/mol. The lowest BCUT2D eigenvalue weighted by Crippen LogP contribution is -1.90. The van der Waals surface area contributed by atoms with Gasteiger partial charge in [0.2, 0.25) is 5.13 Å². The molecule has 3 rings (SSSR count). The van der Waals surface area contributed by atoms with Gasteiger partial charge in [0.1, 0.15) is 11.5 Å². The average Bonchev–Trinajstić information content (AvgIpc) is 2.98. The number of thioether (sulfide) groups is 1. The summed E-state index contributed by atoms with van der Waals surface area (Å²) in [5, 5.41) is 13.4. The van der Waals surface area contributed by atoms with E-state index in [4.69, 9.17) is 11.6 Å². The molecular formula is C13H9ClFN5S2. The molecule has 0 bridgehead atoms. The smallest absolute Gasteiger partial charge is 0.210 e. The van der Waals surface area contributed by atoms with Crippen molar-refractivity contribution in [3.05, 3.63) is 41.3 Å². The van der Waals surface area contributed by atoms with Gasteiger partial charge in [0.25, 0.3) is 0 Å². The van der Waals surface area contributed by atoms with Gasteiger partial charge in [-0.15, -0.1) is 10.2 Å². The third kappa shape index (κ3) is 3.34. The number of benzene rings is 1. The molecule has 0 aliphatic carbocycles. The number of halogens is 2. The van der Waals surface area contributed by atoms with Crippen molar-refractivity contribution in [3.63, 3.8) is 0 Å². The van der Waals surface area contributed by atoms with Gasteiger partial charge in [-0.1, -0.05) is 34.7 Å². The lowest BCUT2D eigenvalue weighted by Gasteiger charge is -2.01. The Bertz CT molecular complexity index is 793. The van der Waals surface area contributed by atoms with Crippen LogP contribution in [-0.2, 0) is 0 Å².